The van der Waals surface area contributed by atoms with Crippen LogP contribution in [-0.2, 0) is 0 Å². The Hall–Kier alpha value is -3.90. The third-order valence-electron chi connectivity index (χ3n) is 4.72. The van der Waals surface area contributed by atoms with E-state index in [1.807, 2.05) is 36.6 Å². The summed E-state index contributed by atoms with van der Waals surface area (Å²) in [5, 5.41) is 5.15. The summed E-state index contributed by atoms with van der Waals surface area (Å²) in [6, 6.07) is 22.4. The molecular formula is C25H18N2O3S. The number of aryl methyl sites for hydroxylation is 1. The molecule has 4 rings (SSSR count). The molecular weight excluding hydrogens is 408 g/mol. The van der Waals surface area contributed by atoms with Gasteiger partial charge in [-0.25, -0.2) is 4.98 Å². The second-order valence-electron chi connectivity index (χ2n) is 6.96. The number of hydrogen-bond donors (Lipinski definition) is 1. The number of Topliss-reactive ketones (excluding diaryl/α,β-unsaturated/α-hetero) is 2. The van der Waals surface area contributed by atoms with Crippen LogP contribution in [0, 0.1) is 6.92 Å². The number of amides is 1. The van der Waals surface area contributed by atoms with E-state index in [1.54, 1.807) is 30.3 Å². The summed E-state index contributed by atoms with van der Waals surface area (Å²) < 4.78 is 0. The number of anilines is 1. The van der Waals surface area contributed by atoms with Crippen LogP contribution in [0.4, 0.5) is 5.13 Å². The number of thiazole rings is 1. The number of nitrogens with one attached hydrogen (secondary N) is 1. The molecule has 0 unspecified atom stereocenters. The smallest absolute Gasteiger partial charge is 0.257 e. The van der Waals surface area contributed by atoms with Gasteiger partial charge in [-0.15, -0.1) is 11.3 Å². The normalized spacial score (nSPS) is 10.5. The van der Waals surface area contributed by atoms with E-state index in [0.717, 1.165) is 11.3 Å². The molecule has 6 heteroatoms. The average Bonchev–Trinajstić information content (AvgIpc) is 3.27. The van der Waals surface area contributed by atoms with E-state index < -0.39 is 11.6 Å². The highest BCUT2D eigenvalue weighted by atomic mass is 32.1. The highest BCUT2D eigenvalue weighted by molar-refractivity contribution is 7.14. The van der Waals surface area contributed by atoms with Gasteiger partial charge in [-0.1, -0.05) is 72.3 Å². The third kappa shape index (κ3) is 4.65. The Bertz CT molecular complexity index is 1240. The first-order chi connectivity index (χ1) is 15.0. The van der Waals surface area contributed by atoms with Crippen LogP contribution in [-0.4, -0.2) is 22.5 Å². The highest BCUT2D eigenvalue weighted by Crippen LogP contribution is 2.25. The van der Waals surface area contributed by atoms with Gasteiger partial charge in [0.05, 0.1) is 5.69 Å². The summed E-state index contributed by atoms with van der Waals surface area (Å²) in [6.45, 7) is 2.02. The molecule has 0 aliphatic heterocycles. The van der Waals surface area contributed by atoms with E-state index in [4.69, 9.17) is 0 Å². The second kappa shape index (κ2) is 8.85. The van der Waals surface area contributed by atoms with Gasteiger partial charge in [0, 0.05) is 27.6 Å². The summed E-state index contributed by atoms with van der Waals surface area (Å²) in [4.78, 5) is 41.7. The first kappa shape index (κ1) is 20.4. The summed E-state index contributed by atoms with van der Waals surface area (Å²) in [7, 11) is 0. The molecule has 4 aromatic rings. The molecule has 3 aromatic carbocycles. The average molecular weight is 426 g/mol. The van der Waals surface area contributed by atoms with E-state index in [9.17, 15) is 14.4 Å². The molecule has 0 saturated carbocycles. The topological polar surface area (TPSA) is 76.1 Å². The minimum Gasteiger partial charge on any atom is -0.298 e. The van der Waals surface area contributed by atoms with Crippen LogP contribution < -0.4 is 5.32 Å². The van der Waals surface area contributed by atoms with Crippen molar-refractivity contribution in [3.8, 4) is 11.3 Å². The first-order valence-corrected chi connectivity index (χ1v) is 10.5. The molecule has 31 heavy (non-hydrogen) atoms. The molecule has 0 saturated heterocycles. The van der Waals surface area contributed by atoms with Gasteiger partial charge in [0.15, 0.2) is 5.13 Å². The number of carbonyl (C=O) groups is 3. The molecule has 5 nitrogen and oxygen atoms in total. The van der Waals surface area contributed by atoms with Crippen LogP contribution in [0.5, 0.6) is 0 Å². The molecule has 0 radical (unpaired) electrons. The molecule has 152 valence electrons. The zero-order valence-electron chi connectivity index (χ0n) is 16.7. The zero-order valence-corrected chi connectivity index (χ0v) is 17.5. The van der Waals surface area contributed by atoms with Crippen molar-refractivity contribution in [1.82, 2.24) is 4.98 Å². The highest BCUT2D eigenvalue weighted by Gasteiger charge is 2.18. The summed E-state index contributed by atoms with van der Waals surface area (Å²) in [5.74, 6) is -1.52. The monoisotopic (exact) mass is 426 g/mol. The lowest BCUT2D eigenvalue weighted by molar-refractivity contribution is 0.0817. The van der Waals surface area contributed by atoms with Gasteiger partial charge in [-0.3, -0.25) is 19.7 Å². The lowest BCUT2D eigenvalue weighted by atomic mass is 10.0. The van der Waals surface area contributed by atoms with Crippen LogP contribution >= 0.6 is 11.3 Å². The van der Waals surface area contributed by atoms with Gasteiger partial charge in [-0.2, -0.15) is 0 Å². The van der Waals surface area contributed by atoms with Crippen molar-refractivity contribution in [2.75, 3.05) is 5.32 Å². The van der Waals surface area contributed by atoms with Crippen molar-refractivity contribution < 1.29 is 14.4 Å². The number of benzene rings is 3. The SMILES string of the molecule is Cc1ccc(-c2csc(NC(=O)c3ccc(C(=O)C(=O)c4ccccc4)cc3)n2)cc1. The number of aromatic nitrogens is 1. The second-order valence-corrected chi connectivity index (χ2v) is 7.82. The van der Waals surface area contributed by atoms with Crippen LogP contribution in [0.3, 0.4) is 0 Å². The minimum atomic E-state index is -0.610. The fourth-order valence-electron chi connectivity index (χ4n) is 2.98. The van der Waals surface area contributed by atoms with Crippen LogP contribution in [0.15, 0.2) is 84.2 Å². The van der Waals surface area contributed by atoms with Crippen molar-refractivity contribution in [1.29, 1.82) is 0 Å². The van der Waals surface area contributed by atoms with Crippen LogP contribution in [0.25, 0.3) is 11.3 Å². The number of nitrogens with zero attached hydrogens (tertiary/aromatic N) is 1. The quantitative estimate of drug-likeness (QED) is 0.329. The Morgan fingerprint density at radius 1 is 0.742 bits per heavy atom. The van der Waals surface area contributed by atoms with Gasteiger partial charge in [0.1, 0.15) is 0 Å². The Kier molecular flexibility index (Phi) is 5.82. The molecule has 0 aliphatic carbocycles. The fourth-order valence-corrected chi connectivity index (χ4v) is 3.70. The van der Waals surface area contributed by atoms with E-state index in [1.165, 1.54) is 41.2 Å². The Labute approximate surface area is 183 Å². The van der Waals surface area contributed by atoms with Crippen LogP contribution in [0.2, 0.25) is 0 Å². The lowest BCUT2D eigenvalue weighted by Crippen LogP contribution is -2.15. The summed E-state index contributed by atoms with van der Waals surface area (Å²) in [5.41, 5.74) is 3.88. The van der Waals surface area contributed by atoms with Crippen molar-refractivity contribution in [2.24, 2.45) is 0 Å². The van der Waals surface area contributed by atoms with Crippen molar-refractivity contribution >= 4 is 33.9 Å². The predicted molar refractivity (Wildman–Crippen MR) is 122 cm³/mol. The largest absolute Gasteiger partial charge is 0.298 e. The van der Waals surface area contributed by atoms with Crippen molar-refractivity contribution in [2.45, 2.75) is 6.92 Å². The van der Waals surface area contributed by atoms with E-state index >= 15 is 0 Å². The van der Waals surface area contributed by atoms with Gasteiger partial charge < -0.3 is 0 Å². The fraction of sp³-hybridized carbons (Fsp3) is 0.0400. The van der Waals surface area contributed by atoms with E-state index in [0.29, 0.717) is 16.3 Å². The Morgan fingerprint density at radius 2 is 1.32 bits per heavy atom. The molecule has 0 bridgehead atoms. The Balaban J connectivity index is 1.43. The molecule has 1 amide bonds. The first-order valence-electron chi connectivity index (χ1n) is 9.59. The lowest BCUT2D eigenvalue weighted by Gasteiger charge is -2.04. The van der Waals surface area contributed by atoms with E-state index in [-0.39, 0.29) is 11.5 Å². The molecule has 1 N–H and O–H groups in total. The maximum Gasteiger partial charge on any atom is 0.257 e. The number of rotatable bonds is 6. The van der Waals surface area contributed by atoms with Crippen LogP contribution in [0.1, 0.15) is 36.6 Å². The van der Waals surface area contributed by atoms with Gasteiger partial charge in [0.2, 0.25) is 11.6 Å². The molecule has 1 aromatic heterocycles. The molecule has 0 aliphatic rings. The zero-order chi connectivity index (χ0) is 21.8. The minimum absolute atomic E-state index is 0.237. The maximum absolute atomic E-state index is 12.5. The number of hydrogen-bond acceptors (Lipinski definition) is 5. The van der Waals surface area contributed by atoms with Crippen molar-refractivity contribution in [3.05, 3.63) is 106 Å². The standard InChI is InChI=1S/C25H18N2O3S/c1-16-7-9-17(10-8-16)21-15-31-25(26-21)27-24(30)20-13-11-19(12-14-20)23(29)22(28)18-5-3-2-4-6-18/h2-15H,1H3,(H,26,27,30). The summed E-state index contributed by atoms with van der Waals surface area (Å²) in [6.07, 6.45) is 0. The van der Waals surface area contributed by atoms with E-state index in [2.05, 4.69) is 10.3 Å². The van der Waals surface area contributed by atoms with Gasteiger partial charge in [-0.05, 0) is 19.1 Å². The Morgan fingerprint density at radius 3 is 1.97 bits per heavy atom. The summed E-state index contributed by atoms with van der Waals surface area (Å²) >= 11 is 1.34. The number of carbonyl (C=O) groups excluding carboxylic acids is 3. The molecule has 0 atom stereocenters. The van der Waals surface area contributed by atoms with Gasteiger partial charge >= 0.3 is 0 Å². The maximum atomic E-state index is 12.5. The van der Waals surface area contributed by atoms with Gasteiger partial charge in [0.25, 0.3) is 5.91 Å². The molecule has 0 fully saturated rings. The predicted octanol–water partition coefficient (Wildman–Crippen LogP) is 5.44. The number of ketones is 2. The van der Waals surface area contributed by atoms with Crippen molar-refractivity contribution in [3.63, 3.8) is 0 Å². The molecule has 0 spiro atoms. The molecule has 1 heterocycles. The third-order valence-corrected chi connectivity index (χ3v) is 5.48.